The Bertz CT molecular complexity index is 251. The van der Waals surface area contributed by atoms with Crippen LogP contribution in [0, 0.1) is 11.3 Å². The molecule has 0 aromatic rings. The third-order valence-corrected chi connectivity index (χ3v) is 3.89. The van der Waals surface area contributed by atoms with E-state index in [1.807, 2.05) is 0 Å². The van der Waals surface area contributed by atoms with Crippen LogP contribution in [0.4, 0.5) is 0 Å². The molecule has 0 aromatic carbocycles. The van der Waals surface area contributed by atoms with Gasteiger partial charge in [-0.1, -0.05) is 0 Å². The molecule has 0 bridgehead atoms. The van der Waals surface area contributed by atoms with Gasteiger partial charge in [-0.3, -0.25) is 4.79 Å². The van der Waals surface area contributed by atoms with E-state index >= 15 is 0 Å². The van der Waals surface area contributed by atoms with Gasteiger partial charge in [-0.15, -0.1) is 12.4 Å². The summed E-state index contributed by atoms with van der Waals surface area (Å²) in [5, 5.41) is 15.4. The summed E-state index contributed by atoms with van der Waals surface area (Å²) in [4.78, 5) is 11.7. The molecule has 1 saturated heterocycles. The van der Waals surface area contributed by atoms with Gasteiger partial charge in [0, 0.05) is 18.4 Å². The van der Waals surface area contributed by atoms with Gasteiger partial charge in [0.25, 0.3) is 0 Å². The van der Waals surface area contributed by atoms with E-state index in [4.69, 9.17) is 5.11 Å². The molecule has 100 valence electrons. The van der Waals surface area contributed by atoms with Gasteiger partial charge >= 0.3 is 0 Å². The van der Waals surface area contributed by atoms with Crippen molar-refractivity contribution in [2.24, 2.45) is 11.3 Å². The van der Waals surface area contributed by atoms with Crippen LogP contribution in [-0.4, -0.2) is 37.3 Å². The van der Waals surface area contributed by atoms with Crippen molar-refractivity contribution in [1.29, 1.82) is 0 Å². The molecule has 4 nitrogen and oxygen atoms in total. The topological polar surface area (TPSA) is 61.4 Å². The van der Waals surface area contributed by atoms with Gasteiger partial charge < -0.3 is 15.7 Å². The highest BCUT2D eigenvalue weighted by atomic mass is 35.5. The minimum atomic E-state index is 0. The standard InChI is InChI=1S/C12H22N2O2.ClH/c15-9-12(3-4-12)8-14-11(16)7-10-1-5-13-6-2-10;/h10,13,15H,1-9H2,(H,14,16);1H. The molecular formula is C12H23ClN2O2. The number of carbonyl (C=O) groups is 1. The Balaban J connectivity index is 0.00000144. The van der Waals surface area contributed by atoms with Crippen molar-refractivity contribution in [3.05, 3.63) is 0 Å². The zero-order chi connectivity index (χ0) is 11.4. The van der Waals surface area contributed by atoms with Crippen molar-refractivity contribution in [3.63, 3.8) is 0 Å². The molecule has 1 amide bonds. The van der Waals surface area contributed by atoms with Crippen LogP contribution >= 0.6 is 12.4 Å². The van der Waals surface area contributed by atoms with E-state index in [9.17, 15) is 4.79 Å². The lowest BCUT2D eigenvalue weighted by Gasteiger charge is -2.22. The predicted octanol–water partition coefficient (Wildman–Crippen LogP) is 0.687. The Labute approximate surface area is 109 Å². The van der Waals surface area contributed by atoms with Crippen molar-refractivity contribution in [1.82, 2.24) is 10.6 Å². The van der Waals surface area contributed by atoms with Gasteiger partial charge in [-0.2, -0.15) is 0 Å². The maximum Gasteiger partial charge on any atom is 0.220 e. The van der Waals surface area contributed by atoms with Crippen LogP contribution in [0.2, 0.25) is 0 Å². The molecule has 0 spiro atoms. The van der Waals surface area contributed by atoms with Crippen LogP contribution in [0.15, 0.2) is 0 Å². The first kappa shape index (κ1) is 14.7. The number of piperidine rings is 1. The number of carbonyl (C=O) groups excluding carboxylic acids is 1. The monoisotopic (exact) mass is 262 g/mol. The SMILES string of the molecule is Cl.O=C(CC1CCNCC1)NCC1(CO)CC1. The zero-order valence-electron chi connectivity index (χ0n) is 10.2. The summed E-state index contributed by atoms with van der Waals surface area (Å²) in [5.41, 5.74) is 0.0315. The molecule has 2 rings (SSSR count). The molecule has 1 aliphatic heterocycles. The molecule has 1 aliphatic carbocycles. The van der Waals surface area contributed by atoms with Crippen LogP contribution in [0.25, 0.3) is 0 Å². The molecule has 17 heavy (non-hydrogen) atoms. The summed E-state index contributed by atoms with van der Waals surface area (Å²) < 4.78 is 0. The second-order valence-electron chi connectivity index (χ2n) is 5.33. The minimum absolute atomic E-state index is 0. The highest BCUT2D eigenvalue weighted by Gasteiger charge is 2.42. The summed E-state index contributed by atoms with van der Waals surface area (Å²) in [6.07, 6.45) is 4.98. The van der Waals surface area contributed by atoms with Gasteiger partial charge in [0.15, 0.2) is 0 Å². The molecule has 0 unspecified atom stereocenters. The molecule has 0 radical (unpaired) electrons. The first-order chi connectivity index (χ1) is 7.74. The second kappa shape index (κ2) is 6.57. The smallest absolute Gasteiger partial charge is 0.220 e. The lowest BCUT2D eigenvalue weighted by atomic mass is 9.94. The average molecular weight is 263 g/mol. The highest BCUT2D eigenvalue weighted by Crippen LogP contribution is 2.44. The van der Waals surface area contributed by atoms with Gasteiger partial charge in [0.1, 0.15) is 0 Å². The van der Waals surface area contributed by atoms with Crippen LogP contribution < -0.4 is 10.6 Å². The fourth-order valence-corrected chi connectivity index (χ4v) is 2.27. The third kappa shape index (κ3) is 4.45. The van der Waals surface area contributed by atoms with Crippen molar-refractivity contribution < 1.29 is 9.90 Å². The molecule has 0 aromatic heterocycles. The van der Waals surface area contributed by atoms with E-state index in [0.29, 0.717) is 18.9 Å². The van der Waals surface area contributed by atoms with Gasteiger partial charge in [-0.05, 0) is 44.7 Å². The van der Waals surface area contributed by atoms with Crippen LogP contribution in [0.5, 0.6) is 0 Å². The Morgan fingerprint density at radius 2 is 2.00 bits per heavy atom. The number of aliphatic hydroxyl groups is 1. The van der Waals surface area contributed by atoms with Crippen LogP contribution in [0.3, 0.4) is 0 Å². The summed E-state index contributed by atoms with van der Waals surface area (Å²) in [6, 6.07) is 0. The van der Waals surface area contributed by atoms with Crippen molar-refractivity contribution in [3.8, 4) is 0 Å². The fraction of sp³-hybridized carbons (Fsp3) is 0.917. The van der Waals surface area contributed by atoms with Crippen molar-refractivity contribution >= 4 is 18.3 Å². The second-order valence-corrected chi connectivity index (χ2v) is 5.33. The first-order valence-corrected chi connectivity index (χ1v) is 6.32. The van der Waals surface area contributed by atoms with E-state index in [2.05, 4.69) is 10.6 Å². The summed E-state index contributed by atoms with van der Waals surface area (Å²) in [6.45, 7) is 2.95. The number of amides is 1. The molecular weight excluding hydrogens is 240 g/mol. The van der Waals surface area contributed by atoms with Crippen LogP contribution in [-0.2, 0) is 4.79 Å². The number of rotatable bonds is 5. The van der Waals surface area contributed by atoms with Gasteiger partial charge in [-0.25, -0.2) is 0 Å². The number of nitrogens with one attached hydrogen (secondary N) is 2. The van der Waals surface area contributed by atoms with E-state index < -0.39 is 0 Å². The average Bonchev–Trinajstić information content (AvgIpc) is 3.09. The van der Waals surface area contributed by atoms with E-state index in [1.165, 1.54) is 0 Å². The third-order valence-electron chi connectivity index (χ3n) is 3.89. The molecule has 3 N–H and O–H groups in total. The minimum Gasteiger partial charge on any atom is -0.396 e. The Morgan fingerprint density at radius 1 is 1.35 bits per heavy atom. The molecule has 2 fully saturated rings. The Morgan fingerprint density at radius 3 is 2.53 bits per heavy atom. The molecule has 2 aliphatic rings. The largest absolute Gasteiger partial charge is 0.396 e. The summed E-state index contributed by atoms with van der Waals surface area (Å²) >= 11 is 0. The predicted molar refractivity (Wildman–Crippen MR) is 69.2 cm³/mol. The maximum absolute atomic E-state index is 11.7. The van der Waals surface area contributed by atoms with Crippen LogP contribution in [0.1, 0.15) is 32.1 Å². The van der Waals surface area contributed by atoms with Gasteiger partial charge in [0.2, 0.25) is 5.91 Å². The van der Waals surface area contributed by atoms with E-state index in [0.717, 1.165) is 38.8 Å². The molecule has 0 atom stereocenters. The maximum atomic E-state index is 11.7. The zero-order valence-corrected chi connectivity index (χ0v) is 11.0. The van der Waals surface area contributed by atoms with Crippen molar-refractivity contribution in [2.75, 3.05) is 26.2 Å². The summed E-state index contributed by atoms with van der Waals surface area (Å²) in [7, 11) is 0. The highest BCUT2D eigenvalue weighted by molar-refractivity contribution is 5.85. The summed E-state index contributed by atoms with van der Waals surface area (Å²) in [5.74, 6) is 0.706. The molecule has 1 saturated carbocycles. The van der Waals surface area contributed by atoms with Gasteiger partial charge in [0.05, 0.1) is 6.61 Å². The fourth-order valence-electron chi connectivity index (χ4n) is 2.27. The first-order valence-electron chi connectivity index (χ1n) is 6.32. The number of hydrogen-bond donors (Lipinski definition) is 3. The Kier molecular flexibility index (Phi) is 5.70. The molecule has 1 heterocycles. The number of aliphatic hydroxyl groups excluding tert-OH is 1. The quantitative estimate of drug-likeness (QED) is 0.683. The number of hydrogen-bond acceptors (Lipinski definition) is 3. The Hall–Kier alpha value is -0.320. The normalized spacial score (nSPS) is 22.6. The van der Waals surface area contributed by atoms with Crippen molar-refractivity contribution in [2.45, 2.75) is 32.1 Å². The number of halogens is 1. The lowest BCUT2D eigenvalue weighted by Crippen LogP contribution is -2.35. The molecule has 5 heteroatoms. The van der Waals surface area contributed by atoms with E-state index in [-0.39, 0.29) is 30.3 Å². The lowest BCUT2D eigenvalue weighted by molar-refractivity contribution is -0.122. The van der Waals surface area contributed by atoms with E-state index in [1.54, 1.807) is 0 Å².